The minimum Gasteiger partial charge on any atom is -0.497 e. The molecule has 18 heavy (non-hydrogen) atoms. The lowest BCUT2D eigenvalue weighted by molar-refractivity contribution is 0.0482. The number of ether oxygens (including phenoxy) is 2. The topological polar surface area (TPSA) is 18.5 Å². The molecule has 0 heterocycles. The zero-order chi connectivity index (χ0) is 13.4. The molecule has 0 aromatic heterocycles. The molecular formula is C16H24O2. The highest BCUT2D eigenvalue weighted by Gasteiger charge is 2.02. The second-order valence-corrected chi connectivity index (χ2v) is 4.83. The molecule has 1 aromatic rings. The molecule has 0 N–H and O–H groups in total. The zero-order valence-electron chi connectivity index (χ0n) is 11.9. The fraction of sp³-hybridized carbons (Fsp3) is 0.500. The van der Waals surface area contributed by atoms with Crippen LogP contribution < -0.4 is 4.74 Å². The summed E-state index contributed by atoms with van der Waals surface area (Å²) in [6.45, 7) is 7.05. The van der Waals surface area contributed by atoms with Crippen LogP contribution in [0, 0.1) is 0 Å². The first kappa shape index (κ1) is 14.8. The molecular weight excluding hydrogens is 224 g/mol. The first-order valence-corrected chi connectivity index (χ1v) is 6.49. The van der Waals surface area contributed by atoms with Gasteiger partial charge in [-0.1, -0.05) is 23.8 Å². The maximum absolute atomic E-state index is 5.81. The van der Waals surface area contributed by atoms with Gasteiger partial charge in [-0.2, -0.15) is 0 Å². The van der Waals surface area contributed by atoms with Crippen molar-refractivity contribution in [2.24, 2.45) is 0 Å². The van der Waals surface area contributed by atoms with E-state index in [4.69, 9.17) is 9.47 Å². The summed E-state index contributed by atoms with van der Waals surface area (Å²) in [5.41, 5.74) is 2.56. The van der Waals surface area contributed by atoms with Crippen molar-refractivity contribution < 1.29 is 9.47 Å². The summed E-state index contributed by atoms with van der Waals surface area (Å²) in [6.07, 6.45) is 4.71. The summed E-state index contributed by atoms with van der Waals surface area (Å²) < 4.78 is 10.9. The molecule has 0 spiro atoms. The van der Waals surface area contributed by atoms with E-state index in [0.29, 0.717) is 12.7 Å². The average molecular weight is 248 g/mol. The zero-order valence-corrected chi connectivity index (χ0v) is 11.9. The van der Waals surface area contributed by atoms with Gasteiger partial charge in [0.2, 0.25) is 0 Å². The minimum atomic E-state index is 0.294. The van der Waals surface area contributed by atoms with Crippen molar-refractivity contribution in [3.63, 3.8) is 0 Å². The van der Waals surface area contributed by atoms with Crippen LogP contribution in [0.25, 0.3) is 0 Å². The third-order valence-electron chi connectivity index (χ3n) is 2.82. The fourth-order valence-electron chi connectivity index (χ4n) is 1.65. The lowest BCUT2D eigenvalue weighted by Crippen LogP contribution is -2.07. The van der Waals surface area contributed by atoms with E-state index in [9.17, 15) is 0 Å². The van der Waals surface area contributed by atoms with Gasteiger partial charge in [-0.3, -0.25) is 0 Å². The number of rotatable bonds is 7. The highest BCUT2D eigenvalue weighted by Crippen LogP contribution is 2.13. The summed E-state index contributed by atoms with van der Waals surface area (Å²) in [7, 11) is 1.68. The van der Waals surface area contributed by atoms with Crippen LogP contribution in [0.4, 0.5) is 0 Å². The normalized spacial score (nSPS) is 12.0. The first-order valence-electron chi connectivity index (χ1n) is 6.49. The third-order valence-corrected chi connectivity index (χ3v) is 2.82. The number of hydrogen-bond donors (Lipinski definition) is 0. The Hall–Kier alpha value is -1.28. The molecule has 1 rings (SSSR count). The van der Waals surface area contributed by atoms with E-state index in [1.807, 2.05) is 24.3 Å². The summed E-state index contributed by atoms with van der Waals surface area (Å²) in [6, 6.07) is 8.02. The van der Waals surface area contributed by atoms with Crippen LogP contribution in [0.5, 0.6) is 5.75 Å². The summed E-state index contributed by atoms with van der Waals surface area (Å²) in [5, 5.41) is 0. The Morgan fingerprint density at radius 3 is 2.44 bits per heavy atom. The Morgan fingerprint density at radius 2 is 1.89 bits per heavy atom. The Kier molecular flexibility index (Phi) is 6.51. The van der Waals surface area contributed by atoms with Crippen LogP contribution in [0.15, 0.2) is 35.9 Å². The maximum Gasteiger partial charge on any atom is 0.118 e. The predicted octanol–water partition coefficient (Wildman–Crippen LogP) is 4.35. The fourth-order valence-corrected chi connectivity index (χ4v) is 1.65. The van der Waals surface area contributed by atoms with Crippen LogP contribution in [0.3, 0.4) is 0 Å². The standard InChI is InChI=1S/C16H24O2/c1-13(2)6-5-7-14(3)18-12-15-8-10-16(17-4)11-9-15/h6,8-11,14H,5,7,12H2,1-4H3. The number of benzene rings is 1. The molecule has 0 aliphatic carbocycles. The van der Waals surface area contributed by atoms with Crippen molar-refractivity contribution in [2.75, 3.05) is 7.11 Å². The maximum atomic E-state index is 5.81. The van der Waals surface area contributed by atoms with Gasteiger partial charge in [0.1, 0.15) is 5.75 Å². The van der Waals surface area contributed by atoms with Crippen LogP contribution in [-0.2, 0) is 11.3 Å². The van der Waals surface area contributed by atoms with E-state index in [1.54, 1.807) is 7.11 Å². The van der Waals surface area contributed by atoms with Crippen LogP contribution in [0.2, 0.25) is 0 Å². The molecule has 100 valence electrons. The van der Waals surface area contributed by atoms with Gasteiger partial charge in [0.05, 0.1) is 19.8 Å². The summed E-state index contributed by atoms with van der Waals surface area (Å²) in [5.74, 6) is 0.885. The molecule has 0 bridgehead atoms. The average Bonchev–Trinajstić information content (AvgIpc) is 2.36. The van der Waals surface area contributed by atoms with Gasteiger partial charge in [0, 0.05) is 0 Å². The van der Waals surface area contributed by atoms with E-state index in [0.717, 1.165) is 18.6 Å². The van der Waals surface area contributed by atoms with Gasteiger partial charge in [-0.25, -0.2) is 0 Å². The highest BCUT2D eigenvalue weighted by atomic mass is 16.5. The predicted molar refractivity (Wildman–Crippen MR) is 75.9 cm³/mol. The second kappa shape index (κ2) is 7.93. The molecule has 0 amide bonds. The van der Waals surface area contributed by atoms with E-state index >= 15 is 0 Å². The molecule has 0 saturated carbocycles. The smallest absolute Gasteiger partial charge is 0.118 e. The molecule has 2 heteroatoms. The molecule has 1 atom stereocenters. The lowest BCUT2D eigenvalue weighted by Gasteiger charge is -2.12. The highest BCUT2D eigenvalue weighted by molar-refractivity contribution is 5.26. The Morgan fingerprint density at radius 1 is 1.22 bits per heavy atom. The van der Waals surface area contributed by atoms with Gasteiger partial charge < -0.3 is 9.47 Å². The number of hydrogen-bond acceptors (Lipinski definition) is 2. The number of methoxy groups -OCH3 is 1. The molecule has 0 radical (unpaired) electrons. The van der Waals surface area contributed by atoms with Crippen LogP contribution in [-0.4, -0.2) is 13.2 Å². The molecule has 0 aliphatic heterocycles. The molecule has 0 aliphatic rings. The van der Waals surface area contributed by atoms with E-state index in [2.05, 4.69) is 26.8 Å². The van der Waals surface area contributed by atoms with Crippen molar-refractivity contribution in [3.05, 3.63) is 41.5 Å². The van der Waals surface area contributed by atoms with Crippen LogP contribution >= 0.6 is 0 Å². The van der Waals surface area contributed by atoms with Crippen molar-refractivity contribution in [1.29, 1.82) is 0 Å². The molecule has 0 fully saturated rings. The molecule has 0 saturated heterocycles. The van der Waals surface area contributed by atoms with Crippen molar-refractivity contribution in [1.82, 2.24) is 0 Å². The van der Waals surface area contributed by atoms with Crippen molar-refractivity contribution >= 4 is 0 Å². The lowest BCUT2D eigenvalue weighted by atomic mass is 10.1. The first-order chi connectivity index (χ1) is 8.61. The monoisotopic (exact) mass is 248 g/mol. The SMILES string of the molecule is COc1ccc(COC(C)CCC=C(C)C)cc1. The summed E-state index contributed by atoms with van der Waals surface area (Å²) >= 11 is 0. The van der Waals surface area contributed by atoms with Gasteiger partial charge in [-0.15, -0.1) is 0 Å². The third kappa shape index (κ3) is 5.87. The van der Waals surface area contributed by atoms with Gasteiger partial charge in [0.15, 0.2) is 0 Å². The number of allylic oxidation sites excluding steroid dienone is 2. The van der Waals surface area contributed by atoms with E-state index in [1.165, 1.54) is 11.1 Å². The summed E-state index contributed by atoms with van der Waals surface area (Å²) in [4.78, 5) is 0. The molecule has 1 aromatic carbocycles. The van der Waals surface area contributed by atoms with E-state index < -0.39 is 0 Å². The largest absolute Gasteiger partial charge is 0.497 e. The van der Waals surface area contributed by atoms with Gasteiger partial charge in [0.25, 0.3) is 0 Å². The van der Waals surface area contributed by atoms with E-state index in [-0.39, 0.29) is 0 Å². The minimum absolute atomic E-state index is 0.294. The van der Waals surface area contributed by atoms with Crippen molar-refractivity contribution in [2.45, 2.75) is 46.3 Å². The van der Waals surface area contributed by atoms with Crippen molar-refractivity contribution in [3.8, 4) is 5.75 Å². The van der Waals surface area contributed by atoms with Gasteiger partial charge in [-0.05, 0) is 51.3 Å². The Bertz CT molecular complexity index is 361. The van der Waals surface area contributed by atoms with Gasteiger partial charge >= 0.3 is 0 Å². The molecule has 2 nitrogen and oxygen atoms in total. The van der Waals surface area contributed by atoms with Crippen LogP contribution in [0.1, 0.15) is 39.2 Å². The Labute approximate surface area is 111 Å². The Balaban J connectivity index is 2.28. The quantitative estimate of drug-likeness (QED) is 0.668. The molecule has 1 unspecified atom stereocenters. The second-order valence-electron chi connectivity index (χ2n) is 4.83.